The highest BCUT2D eigenvalue weighted by atomic mass is 32.1. The number of hydrogen-bond acceptors (Lipinski definition) is 5. The van der Waals surface area contributed by atoms with E-state index in [0.717, 1.165) is 35.0 Å². The maximum Gasteiger partial charge on any atom is 0.0907 e. The molecule has 20 heavy (non-hydrogen) atoms. The van der Waals surface area contributed by atoms with Crippen LogP contribution >= 0.6 is 11.3 Å². The number of aromatic nitrogens is 1. The molecule has 2 aromatic rings. The zero-order valence-electron chi connectivity index (χ0n) is 12.2. The lowest BCUT2D eigenvalue weighted by Gasteiger charge is -2.24. The highest BCUT2D eigenvalue weighted by molar-refractivity contribution is 7.18. The molecule has 0 saturated carbocycles. The van der Waals surface area contributed by atoms with Gasteiger partial charge in [-0.05, 0) is 45.0 Å². The maximum atomic E-state index is 6.20. The second-order valence-electron chi connectivity index (χ2n) is 5.58. The fraction of sp³-hybridized carbons (Fsp3) is 0.533. The largest absolute Gasteiger partial charge is 0.397 e. The fourth-order valence-corrected chi connectivity index (χ4v) is 3.70. The quantitative estimate of drug-likeness (QED) is 0.880. The molecular formula is C15H22N4S. The Bertz CT molecular complexity index is 601. The highest BCUT2D eigenvalue weighted by Crippen LogP contribution is 2.31. The molecule has 0 unspecified atom stereocenters. The van der Waals surface area contributed by atoms with Gasteiger partial charge in [0.05, 0.1) is 26.6 Å². The standard InChI is InChI=1S/C15H22N4S/c1-11-17-13-10-14(12(16)9-15(13)20-11)18(2)7-8-19-5-3-4-6-19/h9-10H,3-8,16H2,1-2H3. The molecule has 0 radical (unpaired) electrons. The number of anilines is 2. The number of aryl methyl sites for hydroxylation is 1. The summed E-state index contributed by atoms with van der Waals surface area (Å²) in [5.74, 6) is 0. The number of nitrogens with two attached hydrogens (primary N) is 1. The van der Waals surface area contributed by atoms with Gasteiger partial charge in [-0.2, -0.15) is 0 Å². The number of fused-ring (bicyclic) bond motifs is 1. The van der Waals surface area contributed by atoms with Crippen molar-refractivity contribution in [3.05, 3.63) is 17.1 Å². The Balaban J connectivity index is 1.75. The zero-order valence-corrected chi connectivity index (χ0v) is 13.0. The average molecular weight is 290 g/mol. The number of hydrogen-bond donors (Lipinski definition) is 1. The minimum absolute atomic E-state index is 0.852. The fourth-order valence-electron chi connectivity index (χ4n) is 2.84. The highest BCUT2D eigenvalue weighted by Gasteiger charge is 2.14. The van der Waals surface area contributed by atoms with Crippen molar-refractivity contribution in [3.8, 4) is 0 Å². The number of likely N-dealkylation sites (tertiary alicyclic amines) is 1. The zero-order chi connectivity index (χ0) is 14.1. The van der Waals surface area contributed by atoms with Crippen LogP contribution in [0, 0.1) is 6.92 Å². The average Bonchev–Trinajstić information content (AvgIpc) is 3.03. The second kappa shape index (κ2) is 5.58. The Kier molecular flexibility index (Phi) is 3.81. The summed E-state index contributed by atoms with van der Waals surface area (Å²) in [6, 6.07) is 4.18. The molecule has 2 N–H and O–H groups in total. The maximum absolute atomic E-state index is 6.20. The lowest BCUT2D eigenvalue weighted by Crippen LogP contribution is -2.31. The normalized spacial score (nSPS) is 16.1. The van der Waals surface area contributed by atoms with E-state index >= 15 is 0 Å². The van der Waals surface area contributed by atoms with Crippen molar-refractivity contribution in [1.29, 1.82) is 0 Å². The van der Waals surface area contributed by atoms with Crippen molar-refractivity contribution >= 4 is 32.9 Å². The van der Waals surface area contributed by atoms with Crippen LogP contribution in [-0.4, -0.2) is 43.1 Å². The molecule has 0 bridgehead atoms. The van der Waals surface area contributed by atoms with E-state index < -0.39 is 0 Å². The molecule has 0 atom stereocenters. The van der Waals surface area contributed by atoms with E-state index in [9.17, 15) is 0 Å². The van der Waals surface area contributed by atoms with E-state index in [1.54, 1.807) is 11.3 Å². The molecule has 1 saturated heterocycles. The van der Waals surface area contributed by atoms with E-state index in [2.05, 4.69) is 34.0 Å². The summed E-state index contributed by atoms with van der Waals surface area (Å²) >= 11 is 1.70. The van der Waals surface area contributed by atoms with Crippen LogP contribution in [0.5, 0.6) is 0 Å². The summed E-state index contributed by atoms with van der Waals surface area (Å²) in [4.78, 5) is 9.34. The Morgan fingerprint density at radius 1 is 1.35 bits per heavy atom. The molecule has 0 spiro atoms. The minimum atomic E-state index is 0.852. The van der Waals surface area contributed by atoms with Crippen molar-refractivity contribution < 1.29 is 0 Å². The SMILES string of the molecule is Cc1nc2cc(N(C)CCN3CCCC3)c(N)cc2s1. The van der Waals surface area contributed by atoms with E-state index in [-0.39, 0.29) is 0 Å². The topological polar surface area (TPSA) is 45.4 Å². The van der Waals surface area contributed by atoms with Crippen LogP contribution in [0.25, 0.3) is 10.2 Å². The first-order chi connectivity index (χ1) is 9.63. The van der Waals surface area contributed by atoms with Crippen molar-refractivity contribution in [3.63, 3.8) is 0 Å². The third-order valence-electron chi connectivity index (χ3n) is 4.01. The number of benzene rings is 1. The van der Waals surface area contributed by atoms with Crippen molar-refractivity contribution in [2.45, 2.75) is 19.8 Å². The van der Waals surface area contributed by atoms with Gasteiger partial charge in [0.15, 0.2) is 0 Å². The van der Waals surface area contributed by atoms with Crippen LogP contribution in [0.15, 0.2) is 12.1 Å². The van der Waals surface area contributed by atoms with Crippen LogP contribution in [0.3, 0.4) is 0 Å². The molecule has 2 heterocycles. The van der Waals surface area contributed by atoms with E-state index in [1.807, 2.05) is 6.92 Å². The van der Waals surface area contributed by atoms with Crippen LogP contribution in [0.1, 0.15) is 17.8 Å². The Labute approximate surface area is 124 Å². The van der Waals surface area contributed by atoms with Crippen molar-refractivity contribution in [2.75, 3.05) is 43.9 Å². The van der Waals surface area contributed by atoms with Gasteiger partial charge in [0.25, 0.3) is 0 Å². The van der Waals surface area contributed by atoms with Gasteiger partial charge in [0.1, 0.15) is 0 Å². The van der Waals surface area contributed by atoms with Gasteiger partial charge >= 0.3 is 0 Å². The summed E-state index contributed by atoms with van der Waals surface area (Å²) < 4.78 is 1.18. The molecular weight excluding hydrogens is 268 g/mol. The lowest BCUT2D eigenvalue weighted by atomic mass is 10.2. The molecule has 1 fully saturated rings. The summed E-state index contributed by atoms with van der Waals surface area (Å²) in [6.07, 6.45) is 2.69. The molecule has 5 heteroatoms. The smallest absolute Gasteiger partial charge is 0.0907 e. The van der Waals surface area contributed by atoms with Gasteiger partial charge in [-0.25, -0.2) is 4.98 Å². The summed E-state index contributed by atoms with van der Waals surface area (Å²) in [5, 5.41) is 1.09. The van der Waals surface area contributed by atoms with E-state index in [4.69, 9.17) is 5.73 Å². The molecule has 3 rings (SSSR count). The summed E-state index contributed by atoms with van der Waals surface area (Å²) in [6.45, 7) is 6.65. The van der Waals surface area contributed by atoms with Crippen molar-refractivity contribution in [1.82, 2.24) is 9.88 Å². The van der Waals surface area contributed by atoms with Gasteiger partial charge in [0, 0.05) is 20.1 Å². The second-order valence-corrected chi connectivity index (χ2v) is 6.82. The van der Waals surface area contributed by atoms with E-state index in [0.29, 0.717) is 0 Å². The van der Waals surface area contributed by atoms with Gasteiger partial charge in [0.2, 0.25) is 0 Å². The van der Waals surface area contributed by atoms with Crippen LogP contribution in [0.2, 0.25) is 0 Å². The van der Waals surface area contributed by atoms with Crippen LogP contribution in [-0.2, 0) is 0 Å². The monoisotopic (exact) mass is 290 g/mol. The third kappa shape index (κ3) is 2.74. The van der Waals surface area contributed by atoms with E-state index in [1.165, 1.54) is 30.6 Å². The minimum Gasteiger partial charge on any atom is -0.397 e. The Hall–Kier alpha value is -1.33. The predicted molar refractivity (Wildman–Crippen MR) is 87.7 cm³/mol. The summed E-state index contributed by atoms with van der Waals surface area (Å²) in [5.41, 5.74) is 9.22. The molecule has 1 aromatic heterocycles. The number of rotatable bonds is 4. The number of likely N-dealkylation sites (N-methyl/N-ethyl adjacent to an activating group) is 1. The predicted octanol–water partition coefficient (Wildman–Crippen LogP) is 2.72. The third-order valence-corrected chi connectivity index (χ3v) is 4.94. The summed E-state index contributed by atoms with van der Waals surface area (Å²) in [7, 11) is 2.12. The molecule has 1 aromatic carbocycles. The molecule has 0 amide bonds. The van der Waals surface area contributed by atoms with Gasteiger partial charge in [-0.1, -0.05) is 0 Å². The molecule has 1 aliphatic heterocycles. The molecule has 4 nitrogen and oxygen atoms in total. The van der Waals surface area contributed by atoms with Gasteiger partial charge < -0.3 is 15.5 Å². The van der Waals surface area contributed by atoms with Gasteiger partial charge in [-0.3, -0.25) is 0 Å². The Morgan fingerprint density at radius 2 is 2.10 bits per heavy atom. The van der Waals surface area contributed by atoms with Gasteiger partial charge in [-0.15, -0.1) is 11.3 Å². The van der Waals surface area contributed by atoms with Crippen LogP contribution in [0.4, 0.5) is 11.4 Å². The number of nitrogens with zero attached hydrogens (tertiary/aromatic N) is 3. The number of nitrogen functional groups attached to an aromatic ring is 1. The Morgan fingerprint density at radius 3 is 2.85 bits per heavy atom. The molecule has 108 valence electrons. The lowest BCUT2D eigenvalue weighted by molar-refractivity contribution is 0.347. The van der Waals surface area contributed by atoms with Crippen molar-refractivity contribution in [2.24, 2.45) is 0 Å². The first-order valence-corrected chi connectivity index (χ1v) is 8.05. The van der Waals surface area contributed by atoms with Crippen LogP contribution < -0.4 is 10.6 Å². The molecule has 0 aliphatic carbocycles. The first kappa shape index (κ1) is 13.6. The number of thiazole rings is 1. The molecule has 1 aliphatic rings. The first-order valence-electron chi connectivity index (χ1n) is 7.23.